The Morgan fingerprint density at radius 1 is 1.17 bits per heavy atom. The highest BCUT2D eigenvalue weighted by molar-refractivity contribution is 7.13. The lowest BCUT2D eigenvalue weighted by atomic mass is 10.0. The highest BCUT2D eigenvalue weighted by Gasteiger charge is 2.24. The summed E-state index contributed by atoms with van der Waals surface area (Å²) >= 11 is 1.51. The summed E-state index contributed by atoms with van der Waals surface area (Å²) in [5.41, 5.74) is 5.15. The van der Waals surface area contributed by atoms with Crippen molar-refractivity contribution < 1.29 is 9.53 Å². The number of ether oxygens (including phenoxy) is 1. The van der Waals surface area contributed by atoms with Crippen LogP contribution in [0, 0.1) is 13.8 Å². The van der Waals surface area contributed by atoms with Crippen molar-refractivity contribution in [3.8, 4) is 10.6 Å². The van der Waals surface area contributed by atoms with E-state index in [4.69, 9.17) is 4.74 Å². The summed E-state index contributed by atoms with van der Waals surface area (Å²) in [5, 5.41) is 5.83. The number of aryl methyl sites for hydroxylation is 2. The van der Waals surface area contributed by atoms with Crippen molar-refractivity contribution in [3.05, 3.63) is 76.3 Å². The highest BCUT2D eigenvalue weighted by atomic mass is 32.1. The van der Waals surface area contributed by atoms with Crippen molar-refractivity contribution in [2.45, 2.75) is 19.9 Å². The van der Waals surface area contributed by atoms with E-state index in [1.165, 1.54) is 22.5 Å². The molecule has 0 bridgehead atoms. The molecule has 1 unspecified atom stereocenters. The minimum Gasteiger partial charge on any atom is -0.379 e. The van der Waals surface area contributed by atoms with Crippen molar-refractivity contribution in [2.24, 2.45) is 0 Å². The maximum absolute atomic E-state index is 12.8. The van der Waals surface area contributed by atoms with Crippen molar-refractivity contribution in [2.75, 3.05) is 32.8 Å². The first kappa shape index (κ1) is 20.7. The molecule has 1 amide bonds. The first-order valence-electron chi connectivity index (χ1n) is 10.3. The second-order valence-electron chi connectivity index (χ2n) is 7.64. The van der Waals surface area contributed by atoms with Crippen LogP contribution in [-0.4, -0.2) is 48.6 Å². The molecular weight excluding hydrogens is 394 g/mol. The van der Waals surface area contributed by atoms with Gasteiger partial charge in [0.1, 0.15) is 10.7 Å². The minimum absolute atomic E-state index is 0.118. The number of carbonyl (C=O) groups is 1. The van der Waals surface area contributed by atoms with E-state index in [0.717, 1.165) is 42.4 Å². The van der Waals surface area contributed by atoms with Gasteiger partial charge in [-0.25, -0.2) is 4.98 Å². The Hall–Kier alpha value is -2.54. The lowest BCUT2D eigenvalue weighted by Crippen LogP contribution is -2.43. The second-order valence-corrected chi connectivity index (χ2v) is 8.50. The third-order valence-electron chi connectivity index (χ3n) is 5.48. The van der Waals surface area contributed by atoms with Gasteiger partial charge in [0.25, 0.3) is 5.91 Å². The Bertz CT molecular complexity index is 1010. The molecule has 2 aromatic carbocycles. The molecule has 1 aliphatic rings. The fourth-order valence-corrected chi connectivity index (χ4v) is 4.71. The van der Waals surface area contributed by atoms with E-state index in [-0.39, 0.29) is 11.9 Å². The Kier molecular flexibility index (Phi) is 6.57. The van der Waals surface area contributed by atoms with Gasteiger partial charge in [0, 0.05) is 30.6 Å². The average molecular weight is 422 g/mol. The number of thiazole rings is 1. The van der Waals surface area contributed by atoms with Gasteiger partial charge in [-0.2, -0.15) is 0 Å². The highest BCUT2D eigenvalue weighted by Crippen LogP contribution is 2.27. The van der Waals surface area contributed by atoms with E-state index >= 15 is 0 Å². The predicted molar refractivity (Wildman–Crippen MR) is 121 cm³/mol. The largest absolute Gasteiger partial charge is 0.379 e. The number of rotatable bonds is 6. The number of hydrogen-bond acceptors (Lipinski definition) is 5. The summed E-state index contributed by atoms with van der Waals surface area (Å²) in [6.45, 7) is 7.88. The van der Waals surface area contributed by atoms with E-state index in [9.17, 15) is 4.79 Å². The number of amides is 1. The van der Waals surface area contributed by atoms with Gasteiger partial charge in [-0.05, 0) is 25.0 Å². The van der Waals surface area contributed by atoms with Gasteiger partial charge in [-0.15, -0.1) is 11.3 Å². The number of nitrogens with zero attached hydrogens (tertiary/aromatic N) is 2. The van der Waals surface area contributed by atoms with E-state index in [0.29, 0.717) is 12.2 Å². The molecule has 1 aromatic heterocycles. The number of nitrogens with one attached hydrogen (secondary N) is 1. The fraction of sp³-hybridized carbons (Fsp3) is 0.333. The van der Waals surface area contributed by atoms with Crippen molar-refractivity contribution in [3.63, 3.8) is 0 Å². The molecule has 1 saturated heterocycles. The molecule has 1 N–H and O–H groups in total. The Balaban J connectivity index is 1.48. The molecule has 1 fully saturated rings. The molecule has 0 radical (unpaired) electrons. The molecule has 3 aromatic rings. The van der Waals surface area contributed by atoms with Crippen LogP contribution in [-0.2, 0) is 4.74 Å². The van der Waals surface area contributed by atoms with Crippen molar-refractivity contribution in [1.29, 1.82) is 0 Å². The molecule has 6 heteroatoms. The molecule has 0 saturated carbocycles. The molecule has 0 aliphatic carbocycles. The Morgan fingerprint density at radius 2 is 1.97 bits per heavy atom. The summed E-state index contributed by atoms with van der Waals surface area (Å²) in [7, 11) is 0. The summed E-state index contributed by atoms with van der Waals surface area (Å²) in [6.07, 6.45) is 0. The molecule has 5 nitrogen and oxygen atoms in total. The van der Waals surface area contributed by atoms with Crippen molar-refractivity contribution in [1.82, 2.24) is 15.2 Å². The Labute approximate surface area is 181 Å². The van der Waals surface area contributed by atoms with Gasteiger partial charge >= 0.3 is 0 Å². The molecule has 4 rings (SSSR count). The van der Waals surface area contributed by atoms with Crippen LogP contribution in [0.4, 0.5) is 0 Å². The quantitative estimate of drug-likeness (QED) is 0.647. The van der Waals surface area contributed by atoms with Gasteiger partial charge in [-0.3, -0.25) is 9.69 Å². The van der Waals surface area contributed by atoms with Crippen LogP contribution in [0.3, 0.4) is 0 Å². The van der Waals surface area contributed by atoms with Crippen LogP contribution < -0.4 is 5.32 Å². The number of aromatic nitrogens is 1. The van der Waals surface area contributed by atoms with E-state index in [1.807, 2.05) is 23.6 Å². The van der Waals surface area contributed by atoms with Crippen LogP contribution in [0.25, 0.3) is 10.6 Å². The first-order valence-corrected chi connectivity index (χ1v) is 11.2. The zero-order chi connectivity index (χ0) is 20.9. The molecule has 2 heterocycles. The van der Waals surface area contributed by atoms with Gasteiger partial charge in [0.2, 0.25) is 0 Å². The topological polar surface area (TPSA) is 54.5 Å². The monoisotopic (exact) mass is 421 g/mol. The number of hydrogen-bond donors (Lipinski definition) is 1. The maximum atomic E-state index is 12.8. The third-order valence-corrected chi connectivity index (χ3v) is 6.36. The zero-order valence-electron chi connectivity index (χ0n) is 17.4. The Morgan fingerprint density at radius 3 is 2.73 bits per heavy atom. The fourth-order valence-electron chi connectivity index (χ4n) is 3.82. The summed E-state index contributed by atoms with van der Waals surface area (Å²) < 4.78 is 5.52. The number of morpholine rings is 1. The van der Waals surface area contributed by atoms with Crippen LogP contribution in [0.2, 0.25) is 0 Å². The van der Waals surface area contributed by atoms with E-state index in [1.54, 1.807) is 0 Å². The number of carbonyl (C=O) groups excluding carboxylic acids is 1. The first-order chi connectivity index (χ1) is 14.6. The molecule has 1 atom stereocenters. The van der Waals surface area contributed by atoms with E-state index in [2.05, 4.69) is 59.4 Å². The minimum atomic E-state index is -0.128. The lowest BCUT2D eigenvalue weighted by molar-refractivity contribution is 0.0162. The lowest BCUT2D eigenvalue weighted by Gasteiger charge is -2.35. The SMILES string of the molecule is Cc1cccc(C(CNC(=O)c2csc(-c3ccccc3C)n2)N2CCOCC2)c1. The second kappa shape index (κ2) is 9.51. The average Bonchev–Trinajstić information content (AvgIpc) is 3.25. The molecular formula is C24H27N3O2S. The molecule has 30 heavy (non-hydrogen) atoms. The molecule has 1 aliphatic heterocycles. The molecule has 0 spiro atoms. The number of benzene rings is 2. The van der Waals surface area contributed by atoms with Crippen LogP contribution in [0.1, 0.15) is 33.2 Å². The smallest absolute Gasteiger partial charge is 0.270 e. The summed E-state index contributed by atoms with van der Waals surface area (Å²) in [5.74, 6) is -0.128. The maximum Gasteiger partial charge on any atom is 0.270 e. The van der Waals surface area contributed by atoms with Gasteiger partial charge in [-0.1, -0.05) is 54.1 Å². The zero-order valence-corrected chi connectivity index (χ0v) is 18.2. The van der Waals surface area contributed by atoms with Crippen molar-refractivity contribution >= 4 is 17.2 Å². The third kappa shape index (κ3) is 4.78. The normalized spacial score (nSPS) is 15.7. The predicted octanol–water partition coefficient (Wildman–Crippen LogP) is 4.23. The van der Waals surface area contributed by atoms with E-state index < -0.39 is 0 Å². The van der Waals surface area contributed by atoms with Crippen LogP contribution in [0.5, 0.6) is 0 Å². The molecule has 156 valence electrons. The van der Waals surface area contributed by atoms with Gasteiger partial charge in [0.05, 0.1) is 19.3 Å². The van der Waals surface area contributed by atoms with Crippen LogP contribution >= 0.6 is 11.3 Å². The summed E-state index contributed by atoms with van der Waals surface area (Å²) in [4.78, 5) is 19.8. The van der Waals surface area contributed by atoms with Crippen LogP contribution in [0.15, 0.2) is 53.9 Å². The van der Waals surface area contributed by atoms with Gasteiger partial charge in [0.15, 0.2) is 0 Å². The van der Waals surface area contributed by atoms with Gasteiger partial charge < -0.3 is 10.1 Å². The standard InChI is InChI=1S/C24H27N3O2S/c1-17-6-5-8-19(14-17)22(27-10-12-29-13-11-27)15-25-23(28)21-16-30-24(26-21)20-9-4-3-7-18(20)2/h3-9,14,16,22H,10-13,15H2,1-2H3,(H,25,28). The summed E-state index contributed by atoms with van der Waals surface area (Å²) in [6, 6.07) is 16.7.